The summed E-state index contributed by atoms with van der Waals surface area (Å²) in [5.74, 6) is 0. The third-order valence-electron chi connectivity index (χ3n) is 1.74. The molecule has 0 spiro atoms. The molecule has 58 valence electrons. The Labute approximate surface area is 59.1 Å². The van der Waals surface area contributed by atoms with E-state index in [0.29, 0.717) is 25.0 Å². The Morgan fingerprint density at radius 2 is 2.30 bits per heavy atom. The van der Waals surface area contributed by atoms with Crippen LogP contribution in [0.25, 0.3) is 0 Å². The van der Waals surface area contributed by atoms with Gasteiger partial charge in [-0.2, -0.15) is 8.78 Å². The maximum Gasteiger partial charge on any atom is 0.269 e. The van der Waals surface area contributed by atoms with Crippen LogP contribution >= 0.6 is 0 Å². The van der Waals surface area contributed by atoms with Crippen molar-refractivity contribution in [3.05, 3.63) is 11.7 Å². The number of hydrogen-bond acceptors (Lipinski definition) is 1. The highest BCUT2D eigenvalue weighted by Crippen LogP contribution is 2.20. The van der Waals surface area contributed by atoms with E-state index in [1.165, 1.54) is 0 Å². The summed E-state index contributed by atoms with van der Waals surface area (Å²) in [5, 5.41) is 3.10. The molecule has 0 aromatic rings. The molecule has 1 rings (SSSR count). The highest BCUT2D eigenvalue weighted by Gasteiger charge is 2.15. The van der Waals surface area contributed by atoms with Gasteiger partial charge >= 0.3 is 0 Å². The quantitative estimate of drug-likeness (QED) is 0.552. The molecule has 1 nitrogen and oxygen atoms in total. The molecule has 1 atom stereocenters. The smallest absolute Gasteiger partial charge is 0.269 e. The summed E-state index contributed by atoms with van der Waals surface area (Å²) in [7, 11) is 0. The molecule has 0 aromatic heterocycles. The average Bonchev–Trinajstić information content (AvgIpc) is 1.88. The standard InChI is InChI=1S/C7H11F2N/c1-5-4-6(7(8)9)2-3-10-5/h5,10H,2-4H2,1H3/t5-/m1/s1. The molecule has 3 heteroatoms. The Morgan fingerprint density at radius 1 is 1.60 bits per heavy atom. The van der Waals surface area contributed by atoms with E-state index in [1.807, 2.05) is 6.92 Å². The van der Waals surface area contributed by atoms with Crippen LogP contribution in [-0.2, 0) is 0 Å². The van der Waals surface area contributed by atoms with Gasteiger partial charge in [-0.1, -0.05) is 0 Å². The van der Waals surface area contributed by atoms with Crippen LogP contribution in [-0.4, -0.2) is 12.6 Å². The highest BCUT2D eigenvalue weighted by molar-refractivity contribution is 5.07. The summed E-state index contributed by atoms with van der Waals surface area (Å²) >= 11 is 0. The van der Waals surface area contributed by atoms with E-state index in [4.69, 9.17) is 0 Å². The van der Waals surface area contributed by atoms with E-state index in [0.717, 1.165) is 0 Å². The van der Waals surface area contributed by atoms with Crippen molar-refractivity contribution in [2.24, 2.45) is 0 Å². The number of hydrogen-bond donors (Lipinski definition) is 1. The van der Waals surface area contributed by atoms with Gasteiger partial charge in [-0.15, -0.1) is 0 Å². The van der Waals surface area contributed by atoms with Gasteiger partial charge in [0, 0.05) is 6.04 Å². The molecule has 0 radical (unpaired) electrons. The molecule has 0 bridgehead atoms. The summed E-state index contributed by atoms with van der Waals surface area (Å²) in [6.45, 7) is 2.61. The van der Waals surface area contributed by atoms with Crippen molar-refractivity contribution in [2.75, 3.05) is 6.54 Å². The molecule has 1 aliphatic heterocycles. The van der Waals surface area contributed by atoms with Crippen molar-refractivity contribution in [1.29, 1.82) is 0 Å². The third-order valence-corrected chi connectivity index (χ3v) is 1.74. The predicted octanol–water partition coefficient (Wildman–Crippen LogP) is 1.91. The molecule has 0 saturated carbocycles. The van der Waals surface area contributed by atoms with E-state index < -0.39 is 6.08 Å². The fourth-order valence-electron chi connectivity index (χ4n) is 1.18. The van der Waals surface area contributed by atoms with Crippen LogP contribution in [0.2, 0.25) is 0 Å². The Morgan fingerprint density at radius 3 is 2.70 bits per heavy atom. The lowest BCUT2D eigenvalue weighted by atomic mass is 10.0. The van der Waals surface area contributed by atoms with Gasteiger partial charge in [0.25, 0.3) is 6.08 Å². The van der Waals surface area contributed by atoms with Crippen LogP contribution in [0.4, 0.5) is 8.78 Å². The molecule has 0 unspecified atom stereocenters. The zero-order valence-electron chi connectivity index (χ0n) is 5.95. The Kier molecular flexibility index (Phi) is 2.38. The topological polar surface area (TPSA) is 12.0 Å². The molecule has 1 aliphatic rings. The first-order chi connectivity index (χ1) is 4.70. The summed E-state index contributed by atoms with van der Waals surface area (Å²) in [5.41, 5.74) is 0.325. The molecule has 1 heterocycles. The fraction of sp³-hybridized carbons (Fsp3) is 0.714. The number of piperidine rings is 1. The van der Waals surface area contributed by atoms with Gasteiger partial charge in [0.2, 0.25) is 0 Å². The number of nitrogens with one attached hydrogen (secondary N) is 1. The van der Waals surface area contributed by atoms with Crippen LogP contribution in [0.15, 0.2) is 11.7 Å². The molecule has 1 N–H and O–H groups in total. The molecule has 0 aliphatic carbocycles. The Hall–Kier alpha value is -0.440. The molecule has 0 aromatic carbocycles. The molecule has 1 fully saturated rings. The highest BCUT2D eigenvalue weighted by atomic mass is 19.3. The van der Waals surface area contributed by atoms with Crippen molar-refractivity contribution in [3.8, 4) is 0 Å². The van der Waals surface area contributed by atoms with Crippen LogP contribution in [0.5, 0.6) is 0 Å². The number of rotatable bonds is 0. The van der Waals surface area contributed by atoms with Crippen LogP contribution in [0.1, 0.15) is 19.8 Å². The normalized spacial score (nSPS) is 26.7. The first-order valence-electron chi connectivity index (χ1n) is 3.46. The van der Waals surface area contributed by atoms with Gasteiger partial charge in [0.15, 0.2) is 0 Å². The predicted molar refractivity (Wildman–Crippen MR) is 35.9 cm³/mol. The van der Waals surface area contributed by atoms with Crippen molar-refractivity contribution in [2.45, 2.75) is 25.8 Å². The maximum atomic E-state index is 11.9. The van der Waals surface area contributed by atoms with Crippen molar-refractivity contribution in [1.82, 2.24) is 5.32 Å². The van der Waals surface area contributed by atoms with Crippen LogP contribution in [0.3, 0.4) is 0 Å². The Bertz CT molecular complexity index is 150. The minimum atomic E-state index is -1.48. The van der Waals surface area contributed by atoms with Gasteiger partial charge in [0.1, 0.15) is 0 Å². The fourth-order valence-corrected chi connectivity index (χ4v) is 1.18. The largest absolute Gasteiger partial charge is 0.314 e. The summed E-state index contributed by atoms with van der Waals surface area (Å²) in [6, 6.07) is 0.213. The van der Waals surface area contributed by atoms with E-state index in [9.17, 15) is 8.78 Å². The van der Waals surface area contributed by atoms with E-state index >= 15 is 0 Å². The van der Waals surface area contributed by atoms with E-state index in [2.05, 4.69) is 5.32 Å². The summed E-state index contributed by atoms with van der Waals surface area (Å²) < 4.78 is 23.9. The average molecular weight is 147 g/mol. The van der Waals surface area contributed by atoms with Crippen molar-refractivity contribution < 1.29 is 8.78 Å². The monoisotopic (exact) mass is 147 g/mol. The minimum absolute atomic E-state index is 0.213. The van der Waals surface area contributed by atoms with Gasteiger partial charge in [-0.3, -0.25) is 0 Å². The molecular formula is C7H11F2N. The van der Waals surface area contributed by atoms with E-state index in [-0.39, 0.29) is 6.04 Å². The lowest BCUT2D eigenvalue weighted by Gasteiger charge is -2.21. The molecule has 1 saturated heterocycles. The zero-order chi connectivity index (χ0) is 7.56. The summed E-state index contributed by atoms with van der Waals surface area (Å²) in [4.78, 5) is 0. The third kappa shape index (κ3) is 1.77. The zero-order valence-corrected chi connectivity index (χ0v) is 5.95. The van der Waals surface area contributed by atoms with Crippen molar-refractivity contribution in [3.63, 3.8) is 0 Å². The van der Waals surface area contributed by atoms with Crippen molar-refractivity contribution >= 4 is 0 Å². The van der Waals surface area contributed by atoms with Crippen LogP contribution < -0.4 is 5.32 Å². The van der Waals surface area contributed by atoms with Crippen LogP contribution in [0, 0.1) is 0 Å². The van der Waals surface area contributed by atoms with Gasteiger partial charge in [-0.05, 0) is 31.9 Å². The lowest BCUT2D eigenvalue weighted by molar-refractivity contribution is 0.381. The van der Waals surface area contributed by atoms with Gasteiger partial charge in [0.05, 0.1) is 0 Å². The van der Waals surface area contributed by atoms with E-state index in [1.54, 1.807) is 0 Å². The minimum Gasteiger partial charge on any atom is -0.314 e. The Balaban J connectivity index is 2.55. The van der Waals surface area contributed by atoms with Gasteiger partial charge < -0.3 is 5.32 Å². The van der Waals surface area contributed by atoms with Gasteiger partial charge in [-0.25, -0.2) is 0 Å². The molecule has 10 heavy (non-hydrogen) atoms. The SMILES string of the molecule is C[C@@H]1CC(=C(F)F)CCN1. The maximum absolute atomic E-state index is 11.9. The second kappa shape index (κ2) is 3.10. The second-order valence-electron chi connectivity index (χ2n) is 2.67. The second-order valence-corrected chi connectivity index (χ2v) is 2.67. The number of halogens is 2. The molecular weight excluding hydrogens is 136 g/mol. The first-order valence-corrected chi connectivity index (χ1v) is 3.46. The lowest BCUT2D eigenvalue weighted by Crippen LogP contribution is -2.32. The molecule has 0 amide bonds. The summed E-state index contributed by atoms with van der Waals surface area (Å²) in [6.07, 6.45) is -0.469. The first kappa shape index (κ1) is 7.66.